The zero-order valence-electron chi connectivity index (χ0n) is 17.2. The zero-order chi connectivity index (χ0) is 21.0. The lowest BCUT2D eigenvalue weighted by Gasteiger charge is -2.40. The minimum Gasteiger partial charge on any atom is -0.459 e. The molecule has 1 aromatic carbocycles. The number of thioether (sulfide) groups is 1. The molecule has 1 unspecified atom stereocenters. The molecule has 0 saturated carbocycles. The van der Waals surface area contributed by atoms with Crippen molar-refractivity contribution >= 4 is 34.5 Å². The van der Waals surface area contributed by atoms with E-state index in [9.17, 15) is 9.59 Å². The number of carbonyl (C=O) groups excluding carboxylic acids is 2. The van der Waals surface area contributed by atoms with Gasteiger partial charge >= 0.3 is 5.97 Å². The summed E-state index contributed by atoms with van der Waals surface area (Å²) in [6.45, 7) is 6.32. The maximum absolute atomic E-state index is 13.0. The van der Waals surface area contributed by atoms with E-state index < -0.39 is 0 Å². The molecular formula is C21H27N3O4S. The van der Waals surface area contributed by atoms with Gasteiger partial charge in [-0.15, -0.1) is 0 Å². The lowest BCUT2D eigenvalue weighted by Crippen LogP contribution is -2.42. The van der Waals surface area contributed by atoms with Gasteiger partial charge in [0.15, 0.2) is 5.17 Å². The zero-order valence-corrected chi connectivity index (χ0v) is 18.0. The third-order valence-electron chi connectivity index (χ3n) is 4.58. The number of allylic oxidation sites excluding steroid dienone is 1. The molecule has 1 atom stereocenters. The molecule has 0 radical (unpaired) electrons. The number of rotatable bonds is 6. The predicted octanol–water partition coefficient (Wildman–Crippen LogP) is 3.35. The molecular weight excluding hydrogens is 390 g/mol. The van der Waals surface area contributed by atoms with Crippen molar-refractivity contribution in [3.05, 3.63) is 41.1 Å². The second-order valence-electron chi connectivity index (χ2n) is 7.25. The van der Waals surface area contributed by atoms with Crippen molar-refractivity contribution in [2.24, 2.45) is 4.99 Å². The number of amidine groups is 1. The number of nitrogens with one attached hydrogen (secondary N) is 1. The summed E-state index contributed by atoms with van der Waals surface area (Å²) < 4.78 is 10.4. The Morgan fingerprint density at radius 2 is 2.17 bits per heavy atom. The molecule has 2 aliphatic heterocycles. The fourth-order valence-electron chi connectivity index (χ4n) is 3.47. The van der Waals surface area contributed by atoms with Crippen LogP contribution < -0.4 is 5.32 Å². The first-order valence-electron chi connectivity index (χ1n) is 9.69. The van der Waals surface area contributed by atoms with Crippen LogP contribution in [0, 0.1) is 0 Å². The van der Waals surface area contributed by atoms with Crippen LogP contribution in [0.15, 0.2) is 40.5 Å². The average Bonchev–Trinajstić information content (AvgIpc) is 2.66. The van der Waals surface area contributed by atoms with Crippen molar-refractivity contribution in [2.45, 2.75) is 39.3 Å². The number of hydrogen-bond acceptors (Lipinski definition) is 7. The summed E-state index contributed by atoms with van der Waals surface area (Å²) in [5, 5.41) is 3.76. The molecule has 156 valence electrons. The van der Waals surface area contributed by atoms with Gasteiger partial charge in [-0.05, 0) is 44.9 Å². The number of anilines is 1. The van der Waals surface area contributed by atoms with Crippen LogP contribution in [0.3, 0.4) is 0 Å². The maximum Gasteiger partial charge on any atom is 0.338 e. The summed E-state index contributed by atoms with van der Waals surface area (Å²) in [5.41, 5.74) is 2.79. The molecule has 1 amide bonds. The van der Waals surface area contributed by atoms with Gasteiger partial charge in [0, 0.05) is 25.1 Å². The quantitative estimate of drug-likeness (QED) is 0.715. The topological polar surface area (TPSA) is 80.2 Å². The predicted molar refractivity (Wildman–Crippen MR) is 115 cm³/mol. The molecule has 0 aliphatic carbocycles. The summed E-state index contributed by atoms with van der Waals surface area (Å²) in [4.78, 5) is 31.7. The normalized spacial score (nSPS) is 19.0. The van der Waals surface area contributed by atoms with Crippen LogP contribution in [0.4, 0.5) is 5.69 Å². The number of nitrogens with zero attached hydrogens (tertiary/aromatic N) is 2. The van der Waals surface area contributed by atoms with E-state index in [1.807, 2.05) is 45.0 Å². The Balaban J connectivity index is 2.00. The Kier molecular flexibility index (Phi) is 6.97. The number of aliphatic imine (C=N–C) groups is 1. The molecule has 3 rings (SSSR count). The van der Waals surface area contributed by atoms with Crippen molar-refractivity contribution in [2.75, 3.05) is 31.3 Å². The van der Waals surface area contributed by atoms with Crippen LogP contribution in [0.5, 0.6) is 0 Å². The van der Waals surface area contributed by atoms with Crippen molar-refractivity contribution < 1.29 is 19.1 Å². The van der Waals surface area contributed by atoms with Crippen LogP contribution in [0.2, 0.25) is 0 Å². The van der Waals surface area contributed by atoms with E-state index >= 15 is 0 Å². The highest BCUT2D eigenvalue weighted by Crippen LogP contribution is 2.40. The smallest absolute Gasteiger partial charge is 0.338 e. The standard InChI is InChI=1S/C21H27N3O4S/c1-13(2)28-20(26)18-14(3)22-21-24(9-6-10-29-21)19(18)15-7-5-8-16(11-15)23-17(25)12-27-4/h5,7-8,11,13,19H,6,9-10,12H2,1-4H3,(H,23,25). The summed E-state index contributed by atoms with van der Waals surface area (Å²) in [6.07, 6.45) is 0.792. The van der Waals surface area contributed by atoms with Gasteiger partial charge in [-0.1, -0.05) is 23.9 Å². The first-order chi connectivity index (χ1) is 13.9. The van der Waals surface area contributed by atoms with Gasteiger partial charge in [0.1, 0.15) is 6.61 Å². The summed E-state index contributed by atoms with van der Waals surface area (Å²) in [5.74, 6) is 0.429. The Labute approximate surface area is 175 Å². The molecule has 1 fully saturated rings. The number of ether oxygens (including phenoxy) is 2. The van der Waals surface area contributed by atoms with Crippen LogP contribution in [0.25, 0.3) is 0 Å². The van der Waals surface area contributed by atoms with Gasteiger partial charge in [-0.25, -0.2) is 9.79 Å². The Morgan fingerprint density at radius 1 is 1.38 bits per heavy atom. The van der Waals surface area contributed by atoms with Gasteiger partial charge in [0.25, 0.3) is 0 Å². The Bertz CT molecular complexity index is 850. The number of amides is 1. The Morgan fingerprint density at radius 3 is 2.90 bits per heavy atom. The first-order valence-corrected chi connectivity index (χ1v) is 10.7. The van der Waals surface area contributed by atoms with Crippen LogP contribution in [-0.4, -0.2) is 54.1 Å². The van der Waals surface area contributed by atoms with E-state index in [0.29, 0.717) is 17.0 Å². The lowest BCUT2D eigenvalue weighted by molar-refractivity contribution is -0.143. The van der Waals surface area contributed by atoms with E-state index in [1.165, 1.54) is 7.11 Å². The molecule has 2 aliphatic rings. The molecule has 1 N–H and O–H groups in total. The third kappa shape index (κ3) is 5.00. The summed E-state index contributed by atoms with van der Waals surface area (Å²) in [6, 6.07) is 7.26. The van der Waals surface area contributed by atoms with Gasteiger partial charge < -0.3 is 19.7 Å². The highest BCUT2D eigenvalue weighted by atomic mass is 32.2. The minimum atomic E-state index is -0.352. The van der Waals surface area contributed by atoms with Crippen LogP contribution in [-0.2, 0) is 19.1 Å². The molecule has 1 aromatic rings. The minimum absolute atomic E-state index is 0.0157. The molecule has 7 nitrogen and oxygen atoms in total. The molecule has 8 heteroatoms. The van der Waals surface area contributed by atoms with E-state index in [2.05, 4.69) is 15.2 Å². The van der Waals surface area contributed by atoms with Gasteiger partial charge in [-0.2, -0.15) is 0 Å². The second-order valence-corrected chi connectivity index (χ2v) is 8.31. The van der Waals surface area contributed by atoms with Gasteiger partial charge in [0.05, 0.1) is 23.4 Å². The molecule has 0 aromatic heterocycles. The highest BCUT2D eigenvalue weighted by molar-refractivity contribution is 8.13. The number of carbonyl (C=O) groups is 2. The molecule has 0 spiro atoms. The average molecular weight is 418 g/mol. The largest absolute Gasteiger partial charge is 0.459 e. The molecule has 2 heterocycles. The maximum atomic E-state index is 13.0. The Hall–Kier alpha value is -2.32. The fourth-order valence-corrected chi connectivity index (χ4v) is 4.49. The molecule has 29 heavy (non-hydrogen) atoms. The van der Waals surface area contributed by atoms with E-state index in [0.717, 1.165) is 29.4 Å². The van der Waals surface area contributed by atoms with Gasteiger partial charge in [-0.3, -0.25) is 4.79 Å². The number of methoxy groups -OCH3 is 1. The van der Waals surface area contributed by atoms with Crippen LogP contribution >= 0.6 is 11.8 Å². The SMILES string of the molecule is COCC(=O)Nc1cccc(C2C(C(=O)OC(C)C)=C(C)N=C3SCCCN32)c1. The monoisotopic (exact) mass is 417 g/mol. The number of fused-ring (bicyclic) bond motifs is 1. The first kappa shape index (κ1) is 21.4. The highest BCUT2D eigenvalue weighted by Gasteiger charge is 2.38. The van der Waals surface area contributed by atoms with E-state index in [4.69, 9.17) is 9.47 Å². The lowest BCUT2D eigenvalue weighted by atomic mass is 9.94. The van der Waals surface area contributed by atoms with E-state index in [1.54, 1.807) is 11.8 Å². The van der Waals surface area contributed by atoms with Crippen LogP contribution in [0.1, 0.15) is 38.8 Å². The number of hydrogen-bond donors (Lipinski definition) is 1. The van der Waals surface area contributed by atoms with Crippen molar-refractivity contribution in [1.29, 1.82) is 0 Å². The fraction of sp³-hybridized carbons (Fsp3) is 0.476. The summed E-state index contributed by atoms with van der Waals surface area (Å²) >= 11 is 1.70. The number of benzene rings is 1. The number of esters is 1. The molecule has 0 bridgehead atoms. The van der Waals surface area contributed by atoms with Crippen molar-refractivity contribution in [3.8, 4) is 0 Å². The van der Waals surface area contributed by atoms with Gasteiger partial charge in [0.2, 0.25) is 5.91 Å². The summed E-state index contributed by atoms with van der Waals surface area (Å²) in [7, 11) is 1.48. The molecule has 1 saturated heterocycles. The second kappa shape index (κ2) is 9.45. The van der Waals surface area contributed by atoms with Crippen molar-refractivity contribution in [3.63, 3.8) is 0 Å². The third-order valence-corrected chi connectivity index (χ3v) is 5.66. The van der Waals surface area contributed by atoms with E-state index in [-0.39, 0.29) is 30.6 Å². The van der Waals surface area contributed by atoms with Crippen molar-refractivity contribution in [1.82, 2.24) is 4.90 Å².